The van der Waals surface area contributed by atoms with Crippen LogP contribution in [0.4, 0.5) is 34.6 Å². The lowest BCUT2D eigenvalue weighted by molar-refractivity contribution is 0.472. The lowest BCUT2D eigenvalue weighted by atomic mass is 10.1. The molecule has 46 heavy (non-hydrogen) atoms. The average molecular weight is 708 g/mol. The van der Waals surface area contributed by atoms with E-state index in [0.29, 0.717) is 5.69 Å². The fourth-order valence-corrected chi connectivity index (χ4v) is 5.72. The minimum atomic E-state index is -4.95. The van der Waals surface area contributed by atoms with Gasteiger partial charge in [-0.05, 0) is 89.8 Å². The van der Waals surface area contributed by atoms with Gasteiger partial charge in [-0.3, -0.25) is 13.7 Å². The predicted molar refractivity (Wildman–Crippen MR) is 164 cm³/mol. The van der Waals surface area contributed by atoms with Gasteiger partial charge in [0.05, 0.1) is 15.5 Å². The van der Waals surface area contributed by atoms with Crippen molar-refractivity contribution in [2.24, 2.45) is 10.2 Å². The number of rotatable bonds is 9. The first kappa shape index (κ1) is 32.6. The van der Waals surface area contributed by atoms with E-state index in [1.54, 1.807) is 0 Å². The van der Waals surface area contributed by atoms with Crippen LogP contribution in [0.5, 0.6) is 5.75 Å². The highest BCUT2D eigenvalue weighted by atomic mass is 35.5. The number of hydrogen-bond acceptors (Lipinski definition) is 14. The molecular weight excluding hydrogens is 690 g/mol. The number of benzene rings is 4. The second-order valence-corrected chi connectivity index (χ2v) is 13.7. The van der Waals surface area contributed by atoms with E-state index < -0.39 is 51.6 Å². The highest BCUT2D eigenvalue weighted by Crippen LogP contribution is 2.42. The molecule has 0 fully saturated rings. The fourth-order valence-electron chi connectivity index (χ4n) is 3.95. The number of fused-ring (bicyclic) bond motifs is 1. The molecule has 21 heteroatoms. The Kier molecular flexibility index (Phi) is 8.61. The first-order chi connectivity index (χ1) is 21.5. The van der Waals surface area contributed by atoms with Gasteiger partial charge in [-0.1, -0.05) is 0 Å². The summed E-state index contributed by atoms with van der Waals surface area (Å²) in [5, 5.41) is 24.1. The van der Waals surface area contributed by atoms with Crippen molar-refractivity contribution in [2.45, 2.75) is 14.7 Å². The maximum atomic E-state index is 12.2. The summed E-state index contributed by atoms with van der Waals surface area (Å²) in [6.45, 7) is 0. The maximum Gasteiger partial charge on any atom is 0.296 e. The molecule has 0 amide bonds. The van der Waals surface area contributed by atoms with Gasteiger partial charge < -0.3 is 15.7 Å². The smallest absolute Gasteiger partial charge is 0.296 e. The van der Waals surface area contributed by atoms with Crippen molar-refractivity contribution >= 4 is 87.4 Å². The molecule has 4 aromatic carbocycles. The SMILES string of the molecule is O=S(=O)(O)c1ccc(N=Nc2c(S(=O)(=O)O)cc3cc(Nc4nc(Cl)nc(Nc5ccc(S(=O)(=O)O)cc5)n4)ccc3c2O)cc1. The van der Waals surface area contributed by atoms with Crippen molar-refractivity contribution in [1.29, 1.82) is 0 Å². The van der Waals surface area contributed by atoms with Crippen LogP contribution in [-0.2, 0) is 30.4 Å². The topological polar surface area (TPSA) is 271 Å². The number of phenolic OH excluding ortho intramolecular Hbond substituents is 1. The Morgan fingerprint density at radius 3 is 1.70 bits per heavy atom. The van der Waals surface area contributed by atoms with Gasteiger partial charge in [-0.15, -0.1) is 5.11 Å². The van der Waals surface area contributed by atoms with Gasteiger partial charge in [0.25, 0.3) is 30.4 Å². The third kappa shape index (κ3) is 7.51. The number of aromatic hydroxyl groups is 1. The first-order valence-corrected chi connectivity index (χ1v) is 17.0. The van der Waals surface area contributed by atoms with Crippen LogP contribution >= 0.6 is 11.6 Å². The number of anilines is 4. The zero-order valence-electron chi connectivity index (χ0n) is 22.5. The van der Waals surface area contributed by atoms with Crippen LogP contribution in [0.2, 0.25) is 5.28 Å². The summed E-state index contributed by atoms with van der Waals surface area (Å²) in [5.74, 6) is -0.761. The van der Waals surface area contributed by atoms with Crippen LogP contribution < -0.4 is 10.6 Å². The molecule has 0 aliphatic rings. The summed E-state index contributed by atoms with van der Waals surface area (Å²) in [7, 11) is -13.8. The average Bonchev–Trinajstić information content (AvgIpc) is 2.95. The van der Waals surface area contributed by atoms with E-state index in [1.807, 2.05) is 0 Å². The van der Waals surface area contributed by atoms with E-state index in [9.17, 15) is 34.9 Å². The molecule has 0 bridgehead atoms. The molecule has 0 saturated heterocycles. The molecule has 6 N–H and O–H groups in total. The first-order valence-electron chi connectivity index (χ1n) is 12.3. The number of nitrogens with one attached hydrogen (secondary N) is 2. The van der Waals surface area contributed by atoms with Crippen LogP contribution in [0.15, 0.2) is 97.7 Å². The monoisotopic (exact) mass is 707 g/mol. The molecule has 0 unspecified atom stereocenters. The molecule has 0 radical (unpaired) electrons. The molecule has 5 rings (SSSR count). The fraction of sp³-hybridized carbons (Fsp3) is 0. The van der Waals surface area contributed by atoms with Gasteiger partial charge in [0.2, 0.25) is 17.2 Å². The molecule has 0 spiro atoms. The standard InChI is InChI=1S/C25H18ClN7O10S3/c26-23-29-24(27-14-1-6-17(7-2-14)44(35,36)37)31-25(30-23)28-16-5-10-19-13(11-16)12-20(46(41,42)43)21(22(19)34)33-32-15-3-8-18(9-4-15)45(38,39)40/h1-12,34H,(H,35,36,37)(H,38,39,40)(H,41,42,43)(H2,27,28,29,30,31). The molecule has 0 saturated carbocycles. The van der Waals surface area contributed by atoms with E-state index in [4.69, 9.17) is 20.7 Å². The number of nitrogens with zero attached hydrogens (tertiary/aromatic N) is 5. The Balaban J connectivity index is 1.45. The van der Waals surface area contributed by atoms with Crippen LogP contribution in [0, 0.1) is 0 Å². The van der Waals surface area contributed by atoms with E-state index in [1.165, 1.54) is 42.5 Å². The molecule has 0 aliphatic carbocycles. The van der Waals surface area contributed by atoms with Crippen LogP contribution in [-0.4, -0.2) is 59.0 Å². The summed E-state index contributed by atoms with van der Waals surface area (Å²) in [6, 6.07) is 14.7. The molecule has 17 nitrogen and oxygen atoms in total. The van der Waals surface area contributed by atoms with Gasteiger partial charge in [0.15, 0.2) is 5.75 Å². The molecule has 1 heterocycles. The zero-order chi connectivity index (χ0) is 33.4. The van der Waals surface area contributed by atoms with Gasteiger partial charge in [0.1, 0.15) is 10.6 Å². The number of hydrogen-bond donors (Lipinski definition) is 6. The Morgan fingerprint density at radius 1 is 0.630 bits per heavy atom. The lowest BCUT2D eigenvalue weighted by Gasteiger charge is -2.12. The second kappa shape index (κ2) is 12.2. The van der Waals surface area contributed by atoms with Crippen molar-refractivity contribution in [3.8, 4) is 5.75 Å². The maximum absolute atomic E-state index is 12.2. The number of azo groups is 1. The Hall–Kier alpha value is -4.83. The molecular formula is C25H18ClN7O10S3. The van der Waals surface area contributed by atoms with Crippen LogP contribution in [0.25, 0.3) is 10.8 Å². The van der Waals surface area contributed by atoms with Gasteiger partial charge in [0, 0.05) is 16.8 Å². The van der Waals surface area contributed by atoms with Crippen molar-refractivity contribution in [1.82, 2.24) is 15.0 Å². The number of aromatic nitrogens is 3. The summed E-state index contributed by atoms with van der Waals surface area (Å²) >= 11 is 6.03. The summed E-state index contributed by atoms with van der Waals surface area (Å²) in [5.41, 5.74) is 0.0710. The Bertz CT molecular complexity index is 2360. The number of phenols is 1. The lowest BCUT2D eigenvalue weighted by Crippen LogP contribution is -2.04. The Labute approximate surface area is 264 Å². The Morgan fingerprint density at radius 2 is 1.15 bits per heavy atom. The third-order valence-corrected chi connectivity index (χ3v) is 8.77. The van der Waals surface area contributed by atoms with E-state index >= 15 is 0 Å². The summed E-state index contributed by atoms with van der Waals surface area (Å²) in [6.07, 6.45) is 0. The minimum Gasteiger partial charge on any atom is -0.505 e. The van der Waals surface area contributed by atoms with Crippen molar-refractivity contribution in [3.05, 3.63) is 78.1 Å². The van der Waals surface area contributed by atoms with Crippen LogP contribution in [0.3, 0.4) is 0 Å². The van der Waals surface area contributed by atoms with Crippen molar-refractivity contribution < 1.29 is 44.0 Å². The largest absolute Gasteiger partial charge is 0.505 e. The van der Waals surface area contributed by atoms with Gasteiger partial charge >= 0.3 is 0 Å². The van der Waals surface area contributed by atoms with E-state index in [0.717, 1.165) is 30.3 Å². The van der Waals surface area contributed by atoms with E-state index in [-0.39, 0.29) is 44.2 Å². The summed E-state index contributed by atoms with van der Waals surface area (Å²) < 4.78 is 97.6. The predicted octanol–water partition coefficient (Wildman–Crippen LogP) is 5.03. The highest BCUT2D eigenvalue weighted by Gasteiger charge is 2.22. The second-order valence-electron chi connectivity index (χ2n) is 9.15. The van der Waals surface area contributed by atoms with Crippen molar-refractivity contribution in [2.75, 3.05) is 10.6 Å². The summed E-state index contributed by atoms with van der Waals surface area (Å²) in [4.78, 5) is 10.6. The van der Waals surface area contributed by atoms with E-state index in [2.05, 4.69) is 35.8 Å². The van der Waals surface area contributed by atoms with Crippen molar-refractivity contribution in [3.63, 3.8) is 0 Å². The quantitative estimate of drug-likeness (QED) is 0.0866. The zero-order valence-corrected chi connectivity index (χ0v) is 25.7. The minimum absolute atomic E-state index is 0.0349. The van der Waals surface area contributed by atoms with Gasteiger partial charge in [-0.25, -0.2) is 0 Å². The van der Waals surface area contributed by atoms with Crippen LogP contribution in [0.1, 0.15) is 0 Å². The molecule has 1 aromatic heterocycles. The highest BCUT2D eigenvalue weighted by molar-refractivity contribution is 7.86. The number of halogens is 1. The normalized spacial score (nSPS) is 12.4. The third-order valence-electron chi connectivity index (χ3n) is 6.00. The molecule has 5 aromatic rings. The van der Waals surface area contributed by atoms with Gasteiger partial charge in [-0.2, -0.15) is 45.3 Å². The molecule has 0 atom stereocenters. The molecule has 238 valence electrons. The molecule has 0 aliphatic heterocycles.